The van der Waals surface area contributed by atoms with Crippen LogP contribution in [0.25, 0.3) is 0 Å². The molecule has 0 radical (unpaired) electrons. The number of nitrogens with zero attached hydrogens (tertiary/aromatic N) is 4. The summed E-state index contributed by atoms with van der Waals surface area (Å²) in [7, 11) is 1.79. The molecular formula is C9H10FN5. The van der Waals surface area contributed by atoms with Crippen LogP contribution in [-0.2, 0) is 13.6 Å². The third-order valence-corrected chi connectivity index (χ3v) is 1.79. The van der Waals surface area contributed by atoms with Gasteiger partial charge in [0.25, 0.3) is 0 Å². The topological polar surface area (TPSA) is 55.6 Å². The SMILES string of the molecule is Cn1cnc(CNc2cccc(F)n2)n1. The number of hydrogen-bond acceptors (Lipinski definition) is 4. The maximum Gasteiger partial charge on any atom is 0.214 e. The van der Waals surface area contributed by atoms with Crippen LogP contribution in [0.3, 0.4) is 0 Å². The molecule has 0 bridgehead atoms. The Morgan fingerprint density at radius 3 is 3.00 bits per heavy atom. The lowest BCUT2D eigenvalue weighted by atomic mass is 10.4. The van der Waals surface area contributed by atoms with E-state index in [0.29, 0.717) is 18.2 Å². The molecule has 0 unspecified atom stereocenters. The number of rotatable bonds is 3. The summed E-state index contributed by atoms with van der Waals surface area (Å²) in [5, 5.41) is 7.00. The van der Waals surface area contributed by atoms with Crippen LogP contribution in [0.4, 0.5) is 10.2 Å². The van der Waals surface area contributed by atoms with Crippen LogP contribution in [-0.4, -0.2) is 19.7 Å². The van der Waals surface area contributed by atoms with Crippen molar-refractivity contribution >= 4 is 5.82 Å². The van der Waals surface area contributed by atoms with Gasteiger partial charge in [0, 0.05) is 7.05 Å². The van der Waals surface area contributed by atoms with Gasteiger partial charge in [-0.3, -0.25) is 4.68 Å². The first-order chi connectivity index (χ1) is 7.24. The Labute approximate surface area is 86.0 Å². The van der Waals surface area contributed by atoms with Crippen LogP contribution < -0.4 is 5.32 Å². The van der Waals surface area contributed by atoms with Crippen molar-refractivity contribution in [3.8, 4) is 0 Å². The summed E-state index contributed by atoms with van der Waals surface area (Å²) >= 11 is 0. The lowest BCUT2D eigenvalue weighted by Crippen LogP contribution is -2.04. The smallest absolute Gasteiger partial charge is 0.214 e. The van der Waals surface area contributed by atoms with E-state index >= 15 is 0 Å². The minimum Gasteiger partial charge on any atom is -0.363 e. The van der Waals surface area contributed by atoms with E-state index in [9.17, 15) is 4.39 Å². The van der Waals surface area contributed by atoms with Crippen LogP contribution in [0.2, 0.25) is 0 Å². The predicted molar refractivity (Wildman–Crippen MR) is 52.5 cm³/mol. The van der Waals surface area contributed by atoms with Crippen molar-refractivity contribution in [2.24, 2.45) is 7.05 Å². The van der Waals surface area contributed by atoms with Crippen molar-refractivity contribution in [2.45, 2.75) is 6.54 Å². The highest BCUT2D eigenvalue weighted by atomic mass is 19.1. The fourth-order valence-corrected chi connectivity index (χ4v) is 1.14. The summed E-state index contributed by atoms with van der Waals surface area (Å²) < 4.78 is 14.3. The van der Waals surface area contributed by atoms with Crippen molar-refractivity contribution in [1.82, 2.24) is 19.7 Å². The number of halogens is 1. The third-order valence-electron chi connectivity index (χ3n) is 1.79. The number of nitrogens with one attached hydrogen (secondary N) is 1. The summed E-state index contributed by atoms with van der Waals surface area (Å²) in [4.78, 5) is 7.68. The molecule has 2 heterocycles. The Hall–Kier alpha value is -1.98. The number of aromatic nitrogens is 4. The zero-order chi connectivity index (χ0) is 10.7. The molecule has 15 heavy (non-hydrogen) atoms. The molecule has 2 aromatic heterocycles. The zero-order valence-electron chi connectivity index (χ0n) is 8.18. The van der Waals surface area contributed by atoms with Gasteiger partial charge in [-0.15, -0.1) is 0 Å². The molecule has 0 aromatic carbocycles. The van der Waals surface area contributed by atoms with Gasteiger partial charge < -0.3 is 5.32 Å². The minimum absolute atomic E-state index is 0.428. The Kier molecular flexibility index (Phi) is 2.57. The first-order valence-electron chi connectivity index (χ1n) is 4.45. The highest BCUT2D eigenvalue weighted by Crippen LogP contribution is 2.04. The molecule has 78 valence electrons. The highest BCUT2D eigenvalue weighted by Gasteiger charge is 1.99. The van der Waals surface area contributed by atoms with E-state index in [0.717, 1.165) is 0 Å². The number of aryl methyl sites for hydroxylation is 1. The van der Waals surface area contributed by atoms with Crippen LogP contribution in [0.5, 0.6) is 0 Å². The first kappa shape index (κ1) is 9.57. The maximum atomic E-state index is 12.7. The Morgan fingerprint density at radius 1 is 1.47 bits per heavy atom. The van der Waals surface area contributed by atoms with E-state index in [-0.39, 0.29) is 0 Å². The fourth-order valence-electron chi connectivity index (χ4n) is 1.14. The summed E-state index contributed by atoms with van der Waals surface area (Å²) in [6, 6.07) is 4.58. The summed E-state index contributed by atoms with van der Waals surface area (Å²) in [6.45, 7) is 0.428. The van der Waals surface area contributed by atoms with E-state index in [1.165, 1.54) is 6.07 Å². The molecule has 0 saturated heterocycles. The van der Waals surface area contributed by atoms with Crippen molar-refractivity contribution in [3.63, 3.8) is 0 Å². The molecular weight excluding hydrogens is 197 g/mol. The normalized spacial score (nSPS) is 10.3. The van der Waals surface area contributed by atoms with Crippen LogP contribution in [0, 0.1) is 5.95 Å². The molecule has 0 spiro atoms. The Bertz CT molecular complexity index is 453. The standard InChI is InChI=1S/C9H10FN5/c1-15-6-12-9(14-15)5-11-8-4-2-3-7(10)13-8/h2-4,6H,5H2,1H3,(H,11,13). The van der Waals surface area contributed by atoms with Gasteiger partial charge in [-0.05, 0) is 12.1 Å². The van der Waals surface area contributed by atoms with E-state index in [1.54, 1.807) is 30.2 Å². The third kappa shape index (κ3) is 2.49. The van der Waals surface area contributed by atoms with E-state index < -0.39 is 5.95 Å². The molecule has 0 aliphatic carbocycles. The van der Waals surface area contributed by atoms with Crippen molar-refractivity contribution in [1.29, 1.82) is 0 Å². The maximum absolute atomic E-state index is 12.7. The molecule has 2 aromatic rings. The van der Waals surface area contributed by atoms with Crippen molar-refractivity contribution in [2.75, 3.05) is 5.32 Å². The van der Waals surface area contributed by atoms with Gasteiger partial charge in [0.15, 0.2) is 5.82 Å². The van der Waals surface area contributed by atoms with Gasteiger partial charge in [0.1, 0.15) is 12.1 Å². The second-order valence-corrected chi connectivity index (χ2v) is 3.03. The Morgan fingerprint density at radius 2 is 2.33 bits per heavy atom. The molecule has 0 amide bonds. The van der Waals surface area contributed by atoms with Crippen LogP contribution in [0.1, 0.15) is 5.82 Å². The number of hydrogen-bond donors (Lipinski definition) is 1. The molecule has 1 N–H and O–H groups in total. The fraction of sp³-hybridized carbons (Fsp3) is 0.222. The number of anilines is 1. The molecule has 0 aliphatic rings. The van der Waals surface area contributed by atoms with Gasteiger partial charge in [-0.1, -0.05) is 6.07 Å². The molecule has 5 nitrogen and oxygen atoms in total. The van der Waals surface area contributed by atoms with E-state index in [4.69, 9.17) is 0 Å². The quantitative estimate of drug-likeness (QED) is 0.762. The first-order valence-corrected chi connectivity index (χ1v) is 4.45. The zero-order valence-corrected chi connectivity index (χ0v) is 8.18. The highest BCUT2D eigenvalue weighted by molar-refractivity contribution is 5.33. The number of pyridine rings is 1. The molecule has 0 atom stereocenters. The monoisotopic (exact) mass is 207 g/mol. The van der Waals surface area contributed by atoms with Gasteiger partial charge in [-0.2, -0.15) is 9.49 Å². The lowest BCUT2D eigenvalue weighted by Gasteiger charge is -2.01. The summed E-state index contributed by atoms with van der Waals surface area (Å²) in [6.07, 6.45) is 1.61. The average molecular weight is 207 g/mol. The molecule has 2 rings (SSSR count). The van der Waals surface area contributed by atoms with Crippen molar-refractivity contribution < 1.29 is 4.39 Å². The second kappa shape index (κ2) is 4.04. The molecule has 0 fully saturated rings. The molecule has 6 heteroatoms. The van der Waals surface area contributed by atoms with E-state index in [2.05, 4.69) is 20.4 Å². The second-order valence-electron chi connectivity index (χ2n) is 3.03. The van der Waals surface area contributed by atoms with Crippen LogP contribution in [0.15, 0.2) is 24.5 Å². The van der Waals surface area contributed by atoms with E-state index in [1.807, 2.05) is 0 Å². The van der Waals surface area contributed by atoms with Crippen LogP contribution >= 0.6 is 0 Å². The summed E-state index contributed by atoms with van der Waals surface area (Å²) in [5.74, 6) is 0.611. The largest absolute Gasteiger partial charge is 0.363 e. The molecule has 0 aliphatic heterocycles. The summed E-state index contributed by atoms with van der Waals surface area (Å²) in [5.41, 5.74) is 0. The minimum atomic E-state index is -0.506. The molecule has 0 saturated carbocycles. The van der Waals surface area contributed by atoms with Crippen molar-refractivity contribution in [3.05, 3.63) is 36.3 Å². The van der Waals surface area contributed by atoms with Gasteiger partial charge in [-0.25, -0.2) is 9.97 Å². The average Bonchev–Trinajstić information content (AvgIpc) is 2.62. The van der Waals surface area contributed by atoms with Gasteiger partial charge >= 0.3 is 0 Å². The van der Waals surface area contributed by atoms with Gasteiger partial charge in [0.05, 0.1) is 6.54 Å². The Balaban J connectivity index is 1.99. The predicted octanol–water partition coefficient (Wildman–Crippen LogP) is 0.961. The lowest BCUT2D eigenvalue weighted by molar-refractivity contribution is 0.585. The van der Waals surface area contributed by atoms with Gasteiger partial charge in [0.2, 0.25) is 5.95 Å².